The van der Waals surface area contributed by atoms with Crippen LogP contribution in [-0.4, -0.2) is 38.7 Å². The SMILES string of the molecule is C=CCNC(=S)N(NCCCC)C(=O)C(Cc1cccc(Cl)c1Cl)c1cncn1Cc1ccc(C#N)cc1. The third-order valence-electron chi connectivity index (χ3n) is 5.91. The Morgan fingerprint density at radius 3 is 2.74 bits per heavy atom. The van der Waals surface area contributed by atoms with Crippen molar-refractivity contribution >= 4 is 46.4 Å². The second-order valence-corrected chi connectivity index (χ2v) is 9.81. The van der Waals surface area contributed by atoms with E-state index in [0.717, 1.165) is 24.0 Å². The van der Waals surface area contributed by atoms with Gasteiger partial charge in [-0.05, 0) is 54.4 Å². The lowest BCUT2D eigenvalue weighted by molar-refractivity contribution is -0.131. The minimum absolute atomic E-state index is 0.250. The highest BCUT2D eigenvalue weighted by Crippen LogP contribution is 2.31. The second kappa shape index (κ2) is 14.6. The van der Waals surface area contributed by atoms with Gasteiger partial charge in [0.15, 0.2) is 5.11 Å². The quantitative estimate of drug-likeness (QED) is 0.127. The molecule has 10 heteroatoms. The lowest BCUT2D eigenvalue weighted by Crippen LogP contribution is -2.53. The van der Waals surface area contributed by atoms with Crippen molar-refractivity contribution in [2.45, 2.75) is 38.6 Å². The van der Waals surface area contributed by atoms with Crippen molar-refractivity contribution in [2.75, 3.05) is 13.1 Å². The van der Waals surface area contributed by atoms with Crippen LogP contribution in [0.15, 0.2) is 67.6 Å². The Bertz CT molecular complexity index is 1300. The number of thiocarbonyl (C=S) groups is 1. The highest BCUT2D eigenvalue weighted by Gasteiger charge is 2.32. The fourth-order valence-corrected chi connectivity index (χ4v) is 4.53. The molecule has 2 N–H and O–H groups in total. The van der Waals surface area contributed by atoms with Crippen molar-refractivity contribution in [2.24, 2.45) is 0 Å². The average molecular weight is 570 g/mol. The fourth-order valence-electron chi connectivity index (χ4n) is 3.89. The van der Waals surface area contributed by atoms with Crippen LogP contribution in [0.4, 0.5) is 0 Å². The number of hydrazine groups is 1. The van der Waals surface area contributed by atoms with Crippen LogP contribution in [0.2, 0.25) is 10.0 Å². The monoisotopic (exact) mass is 568 g/mol. The first-order valence-electron chi connectivity index (χ1n) is 12.3. The number of nitrogens with zero attached hydrogens (tertiary/aromatic N) is 4. The zero-order valence-corrected chi connectivity index (χ0v) is 23.5. The zero-order chi connectivity index (χ0) is 27.5. The Morgan fingerprint density at radius 1 is 1.29 bits per heavy atom. The Hall–Kier alpha value is -3.22. The Balaban J connectivity index is 2.01. The maximum atomic E-state index is 14.2. The third kappa shape index (κ3) is 7.65. The van der Waals surface area contributed by atoms with Crippen molar-refractivity contribution in [3.05, 3.63) is 100 Å². The number of benzene rings is 2. The van der Waals surface area contributed by atoms with E-state index >= 15 is 0 Å². The number of halogens is 2. The lowest BCUT2D eigenvalue weighted by Gasteiger charge is -2.29. The van der Waals surface area contributed by atoms with Gasteiger partial charge in [0.05, 0.1) is 39.6 Å². The molecule has 7 nitrogen and oxygen atoms in total. The molecule has 0 aliphatic rings. The number of amides is 1. The van der Waals surface area contributed by atoms with Gasteiger partial charge in [0.25, 0.3) is 5.91 Å². The van der Waals surface area contributed by atoms with Crippen molar-refractivity contribution in [3.63, 3.8) is 0 Å². The molecule has 2 aromatic carbocycles. The third-order valence-corrected chi connectivity index (χ3v) is 7.10. The van der Waals surface area contributed by atoms with Crippen LogP contribution in [0, 0.1) is 11.3 Å². The summed E-state index contributed by atoms with van der Waals surface area (Å²) in [4.78, 5) is 18.6. The summed E-state index contributed by atoms with van der Waals surface area (Å²) in [6, 6.07) is 14.8. The Kier molecular flexibility index (Phi) is 11.3. The lowest BCUT2D eigenvalue weighted by atomic mass is 9.95. The smallest absolute Gasteiger partial charge is 0.252 e. The van der Waals surface area contributed by atoms with Crippen LogP contribution >= 0.6 is 35.4 Å². The van der Waals surface area contributed by atoms with Gasteiger partial charge in [0.2, 0.25) is 0 Å². The maximum absolute atomic E-state index is 14.2. The van der Waals surface area contributed by atoms with Crippen LogP contribution in [0.1, 0.15) is 48.1 Å². The Morgan fingerprint density at radius 2 is 2.05 bits per heavy atom. The first kappa shape index (κ1) is 29.3. The average Bonchev–Trinajstić information content (AvgIpc) is 3.38. The second-order valence-electron chi connectivity index (χ2n) is 8.63. The fraction of sp³-hybridized carbons (Fsp3) is 0.286. The molecule has 3 aromatic rings. The molecule has 1 heterocycles. The number of nitriles is 1. The summed E-state index contributed by atoms with van der Waals surface area (Å²) in [6.07, 6.45) is 7.17. The van der Waals surface area contributed by atoms with Gasteiger partial charge in [-0.15, -0.1) is 6.58 Å². The molecule has 0 aliphatic heterocycles. The molecule has 0 aliphatic carbocycles. The number of hydrogen-bond donors (Lipinski definition) is 2. The van der Waals surface area contributed by atoms with Crippen LogP contribution in [-0.2, 0) is 17.8 Å². The van der Waals surface area contributed by atoms with Crippen molar-refractivity contribution in [1.82, 2.24) is 25.3 Å². The first-order chi connectivity index (χ1) is 18.4. The summed E-state index contributed by atoms with van der Waals surface area (Å²) >= 11 is 18.4. The van der Waals surface area contributed by atoms with E-state index < -0.39 is 5.92 Å². The molecule has 0 spiro atoms. The number of carbonyl (C=O) groups is 1. The maximum Gasteiger partial charge on any atom is 0.252 e. The zero-order valence-electron chi connectivity index (χ0n) is 21.2. The van der Waals surface area contributed by atoms with Crippen molar-refractivity contribution in [1.29, 1.82) is 5.26 Å². The highest BCUT2D eigenvalue weighted by molar-refractivity contribution is 7.80. The van der Waals surface area contributed by atoms with Gasteiger partial charge in [-0.2, -0.15) is 5.26 Å². The van der Waals surface area contributed by atoms with Gasteiger partial charge in [0, 0.05) is 25.8 Å². The molecular weight excluding hydrogens is 539 g/mol. The van der Waals surface area contributed by atoms with Gasteiger partial charge in [0.1, 0.15) is 0 Å². The van der Waals surface area contributed by atoms with E-state index in [-0.39, 0.29) is 17.4 Å². The number of nitrogens with one attached hydrogen (secondary N) is 2. The summed E-state index contributed by atoms with van der Waals surface area (Å²) in [5, 5.41) is 14.6. The van der Waals surface area contributed by atoms with E-state index in [1.807, 2.05) is 28.8 Å². The minimum atomic E-state index is -0.676. The number of aromatic nitrogens is 2. The summed E-state index contributed by atoms with van der Waals surface area (Å²) < 4.78 is 1.92. The van der Waals surface area contributed by atoms with Gasteiger partial charge in [-0.3, -0.25) is 4.79 Å². The summed E-state index contributed by atoms with van der Waals surface area (Å²) in [5.41, 5.74) is 6.18. The van der Waals surface area contributed by atoms with Gasteiger partial charge >= 0.3 is 0 Å². The molecule has 0 saturated carbocycles. The molecule has 0 saturated heterocycles. The minimum Gasteiger partial charge on any atom is -0.358 e. The van der Waals surface area contributed by atoms with E-state index in [2.05, 4.69) is 35.3 Å². The van der Waals surface area contributed by atoms with E-state index in [4.69, 9.17) is 40.7 Å². The molecule has 198 valence electrons. The number of hydrogen-bond acceptors (Lipinski definition) is 5. The normalized spacial score (nSPS) is 11.4. The van der Waals surface area contributed by atoms with Crippen LogP contribution < -0.4 is 10.7 Å². The molecule has 1 amide bonds. The van der Waals surface area contributed by atoms with E-state index in [9.17, 15) is 4.79 Å². The van der Waals surface area contributed by atoms with E-state index in [1.165, 1.54) is 5.01 Å². The number of carbonyl (C=O) groups excluding carboxylic acids is 1. The summed E-state index contributed by atoms with van der Waals surface area (Å²) in [7, 11) is 0. The molecular formula is C28H30Cl2N6OS. The summed E-state index contributed by atoms with van der Waals surface area (Å²) in [6.45, 7) is 7.26. The van der Waals surface area contributed by atoms with E-state index in [1.54, 1.807) is 36.8 Å². The molecule has 0 bridgehead atoms. The predicted octanol–water partition coefficient (Wildman–Crippen LogP) is 5.63. The van der Waals surface area contributed by atoms with Crippen molar-refractivity contribution in [3.8, 4) is 6.07 Å². The van der Waals surface area contributed by atoms with Crippen LogP contribution in [0.3, 0.4) is 0 Å². The molecule has 1 unspecified atom stereocenters. The van der Waals surface area contributed by atoms with E-state index in [0.29, 0.717) is 40.9 Å². The molecule has 0 radical (unpaired) electrons. The molecule has 0 fully saturated rings. The number of rotatable bonds is 12. The van der Waals surface area contributed by atoms with Crippen molar-refractivity contribution < 1.29 is 4.79 Å². The number of imidazole rings is 1. The molecule has 3 rings (SSSR count). The predicted molar refractivity (Wildman–Crippen MR) is 156 cm³/mol. The molecule has 1 aromatic heterocycles. The standard InChI is InChI=1S/C28H30Cl2N6OS/c1-3-5-14-34-36(28(38)33-13-4-2)27(37)23(15-22-7-6-8-24(29)26(22)30)25-17-32-19-35(25)18-21-11-9-20(16-31)10-12-21/h4,6-12,17,19,23,34H,2-3,5,13-15,18H2,1H3,(H,33,38). The molecule has 1 atom stereocenters. The van der Waals surface area contributed by atoms with Gasteiger partial charge in [-0.1, -0.05) is 66.9 Å². The largest absolute Gasteiger partial charge is 0.358 e. The van der Waals surface area contributed by atoms with Crippen LogP contribution in [0.5, 0.6) is 0 Å². The first-order valence-corrected chi connectivity index (χ1v) is 13.4. The van der Waals surface area contributed by atoms with Crippen LogP contribution in [0.25, 0.3) is 0 Å². The summed E-state index contributed by atoms with van der Waals surface area (Å²) in [5.74, 6) is -0.926. The highest BCUT2D eigenvalue weighted by atomic mass is 35.5. The Labute approximate surface area is 239 Å². The number of unbranched alkanes of at least 4 members (excludes halogenated alkanes) is 1. The van der Waals surface area contributed by atoms with Gasteiger partial charge in [-0.25, -0.2) is 15.4 Å². The van der Waals surface area contributed by atoms with Gasteiger partial charge < -0.3 is 9.88 Å². The topological polar surface area (TPSA) is 86.0 Å². The molecule has 38 heavy (non-hydrogen) atoms.